The smallest absolute Gasteiger partial charge is 0.160 e. The van der Waals surface area contributed by atoms with Crippen LogP contribution in [0.5, 0.6) is 11.5 Å². The minimum Gasteiger partial charge on any atom is -0.457 e. The number of hydrogen-bond donors (Lipinski definition) is 0. The maximum atomic E-state index is 6.91. The molecule has 1 aliphatic heterocycles. The number of hydrogen-bond acceptors (Lipinski definition) is 4. The Kier molecular flexibility index (Phi) is 7.72. The van der Waals surface area contributed by atoms with Crippen molar-refractivity contribution in [1.82, 2.24) is 15.0 Å². The molecule has 0 saturated heterocycles. The van der Waals surface area contributed by atoms with E-state index in [0.717, 1.165) is 83.9 Å². The quantitative estimate of drug-likeness (QED) is 0.175. The van der Waals surface area contributed by atoms with Crippen LogP contribution < -0.4 is 4.74 Å². The number of pyridine rings is 1. The molecule has 0 bridgehead atoms. The second-order valence-electron chi connectivity index (χ2n) is 15.5. The Hall–Kier alpha value is -7.95. The molecular formula is C56H35N3O. The summed E-state index contributed by atoms with van der Waals surface area (Å²) in [6.45, 7) is 0. The molecule has 0 N–H and O–H groups in total. The number of nitrogens with zero attached hydrogens (tertiary/aromatic N) is 3. The molecular weight excluding hydrogens is 731 g/mol. The Morgan fingerprint density at radius 2 is 0.867 bits per heavy atom. The topological polar surface area (TPSA) is 47.9 Å². The first kappa shape index (κ1) is 34.1. The lowest BCUT2D eigenvalue weighted by Gasteiger charge is -2.40. The first-order valence-electron chi connectivity index (χ1n) is 20.3. The zero-order valence-electron chi connectivity index (χ0n) is 32.5. The molecule has 0 atom stereocenters. The third-order valence-electron chi connectivity index (χ3n) is 12.2. The number of para-hydroxylation sites is 1. The fourth-order valence-electron chi connectivity index (χ4n) is 9.49. The summed E-state index contributed by atoms with van der Waals surface area (Å²) in [7, 11) is 0. The highest BCUT2D eigenvalue weighted by Crippen LogP contribution is 2.62. The van der Waals surface area contributed by atoms with Gasteiger partial charge in [-0.05, 0) is 75.3 Å². The molecule has 4 heteroatoms. The summed E-state index contributed by atoms with van der Waals surface area (Å²) in [5.74, 6) is 2.42. The van der Waals surface area contributed by atoms with Gasteiger partial charge in [-0.3, -0.25) is 4.98 Å². The number of ether oxygens (including phenoxy) is 1. The number of aromatic nitrogens is 3. The molecule has 2 aromatic heterocycles. The van der Waals surface area contributed by atoms with Crippen molar-refractivity contribution in [1.29, 1.82) is 0 Å². The van der Waals surface area contributed by atoms with E-state index in [4.69, 9.17) is 19.7 Å². The van der Waals surface area contributed by atoms with Gasteiger partial charge in [-0.25, -0.2) is 9.97 Å². The molecule has 280 valence electrons. The van der Waals surface area contributed by atoms with Crippen molar-refractivity contribution in [3.8, 4) is 78.8 Å². The molecule has 0 amide bonds. The Bertz CT molecular complexity index is 3180. The van der Waals surface area contributed by atoms with Crippen LogP contribution >= 0.6 is 0 Å². The predicted molar refractivity (Wildman–Crippen MR) is 242 cm³/mol. The van der Waals surface area contributed by atoms with E-state index in [1.165, 1.54) is 22.3 Å². The van der Waals surface area contributed by atoms with Crippen molar-refractivity contribution >= 4 is 10.9 Å². The summed E-state index contributed by atoms with van der Waals surface area (Å²) in [5.41, 5.74) is 16.9. The van der Waals surface area contributed by atoms with E-state index in [-0.39, 0.29) is 0 Å². The van der Waals surface area contributed by atoms with E-state index in [0.29, 0.717) is 5.82 Å². The molecule has 0 unspecified atom stereocenters. The van der Waals surface area contributed by atoms with Gasteiger partial charge in [0.2, 0.25) is 0 Å². The summed E-state index contributed by atoms with van der Waals surface area (Å²) in [6, 6.07) is 73.0. The molecule has 4 nitrogen and oxygen atoms in total. The summed E-state index contributed by atoms with van der Waals surface area (Å²) in [4.78, 5) is 14.9. The molecule has 3 heterocycles. The predicted octanol–water partition coefficient (Wildman–Crippen LogP) is 13.8. The lowest BCUT2D eigenvalue weighted by atomic mass is 9.65. The van der Waals surface area contributed by atoms with Crippen LogP contribution in [0.25, 0.3) is 78.2 Å². The monoisotopic (exact) mass is 765 g/mol. The van der Waals surface area contributed by atoms with E-state index >= 15 is 0 Å². The Balaban J connectivity index is 1.02. The van der Waals surface area contributed by atoms with Crippen molar-refractivity contribution < 1.29 is 4.74 Å². The normalized spacial score (nSPS) is 12.9. The zero-order chi connectivity index (χ0) is 39.6. The van der Waals surface area contributed by atoms with Gasteiger partial charge < -0.3 is 4.74 Å². The number of benzene rings is 8. The third-order valence-corrected chi connectivity index (χ3v) is 12.2. The minimum absolute atomic E-state index is 0.622. The second-order valence-corrected chi connectivity index (χ2v) is 15.5. The first-order valence-corrected chi connectivity index (χ1v) is 20.3. The maximum Gasteiger partial charge on any atom is 0.160 e. The molecule has 12 rings (SSSR count). The summed E-state index contributed by atoms with van der Waals surface area (Å²) in [5, 5.41) is 1.12. The zero-order valence-corrected chi connectivity index (χ0v) is 32.5. The highest BCUT2D eigenvalue weighted by molar-refractivity contribution is 5.95. The fraction of sp³-hybridized carbons (Fsp3) is 0.0179. The Labute approximate surface area is 348 Å². The third kappa shape index (κ3) is 5.28. The van der Waals surface area contributed by atoms with Crippen LogP contribution in [-0.4, -0.2) is 15.0 Å². The van der Waals surface area contributed by atoms with Crippen LogP contribution in [-0.2, 0) is 5.41 Å². The summed E-state index contributed by atoms with van der Waals surface area (Å²) in [6.07, 6.45) is 1.88. The van der Waals surface area contributed by atoms with Crippen molar-refractivity contribution in [2.24, 2.45) is 0 Å². The van der Waals surface area contributed by atoms with Gasteiger partial charge in [0.1, 0.15) is 11.5 Å². The molecule has 0 radical (unpaired) electrons. The molecule has 1 spiro atoms. The van der Waals surface area contributed by atoms with Crippen LogP contribution in [0.3, 0.4) is 0 Å². The molecule has 0 fully saturated rings. The lowest BCUT2D eigenvalue weighted by Crippen LogP contribution is -2.32. The van der Waals surface area contributed by atoms with Crippen molar-refractivity contribution in [3.05, 3.63) is 235 Å². The van der Waals surface area contributed by atoms with E-state index in [1.807, 2.05) is 48.7 Å². The Morgan fingerprint density at radius 3 is 1.55 bits per heavy atom. The highest BCUT2D eigenvalue weighted by Gasteiger charge is 2.51. The van der Waals surface area contributed by atoms with Crippen LogP contribution in [0.4, 0.5) is 0 Å². The van der Waals surface area contributed by atoms with Crippen molar-refractivity contribution in [3.63, 3.8) is 0 Å². The van der Waals surface area contributed by atoms with E-state index in [2.05, 4.69) is 164 Å². The lowest BCUT2D eigenvalue weighted by molar-refractivity contribution is 0.436. The van der Waals surface area contributed by atoms with Gasteiger partial charge >= 0.3 is 0 Å². The average Bonchev–Trinajstić information content (AvgIpc) is 3.62. The molecule has 10 aromatic rings. The van der Waals surface area contributed by atoms with Gasteiger partial charge in [0.15, 0.2) is 5.82 Å². The standard InChI is InChI=1S/C56H35N3O/c1-3-13-37(14-4-1)50-35-51(59-55(58-50)40-15-5-2-6-16-40)38-26-24-36(25-27-38)41-28-30-52-48(33-41)56(46-22-9-7-19-44(46)45-20-8-10-23-47(45)56)49-34-42(29-31-53(49)60-52)43-21-11-17-39-18-12-32-57-54(39)43/h1-35H. The van der Waals surface area contributed by atoms with Crippen molar-refractivity contribution in [2.45, 2.75) is 5.41 Å². The molecule has 60 heavy (non-hydrogen) atoms. The van der Waals surface area contributed by atoms with Gasteiger partial charge in [-0.15, -0.1) is 0 Å². The first-order chi connectivity index (χ1) is 29.7. The highest BCUT2D eigenvalue weighted by atomic mass is 16.5. The number of fused-ring (bicyclic) bond motifs is 10. The van der Waals surface area contributed by atoms with E-state index < -0.39 is 5.41 Å². The van der Waals surface area contributed by atoms with Crippen LogP contribution in [0.1, 0.15) is 22.3 Å². The van der Waals surface area contributed by atoms with E-state index in [1.54, 1.807) is 0 Å². The summed E-state index contributed by atoms with van der Waals surface area (Å²) >= 11 is 0. The molecule has 2 aliphatic rings. The van der Waals surface area contributed by atoms with Crippen LogP contribution in [0.15, 0.2) is 212 Å². The van der Waals surface area contributed by atoms with Crippen LogP contribution in [0.2, 0.25) is 0 Å². The van der Waals surface area contributed by atoms with Gasteiger partial charge in [0, 0.05) is 45.0 Å². The van der Waals surface area contributed by atoms with Crippen molar-refractivity contribution in [2.75, 3.05) is 0 Å². The largest absolute Gasteiger partial charge is 0.457 e. The second kappa shape index (κ2) is 13.6. The molecule has 8 aromatic carbocycles. The van der Waals surface area contributed by atoms with Gasteiger partial charge in [0.25, 0.3) is 0 Å². The minimum atomic E-state index is -0.622. The molecule has 0 saturated carbocycles. The molecule has 1 aliphatic carbocycles. The van der Waals surface area contributed by atoms with Crippen LogP contribution in [0, 0.1) is 0 Å². The average molecular weight is 766 g/mol. The fourth-order valence-corrected chi connectivity index (χ4v) is 9.49. The maximum absolute atomic E-state index is 6.91. The van der Waals surface area contributed by atoms with E-state index in [9.17, 15) is 0 Å². The summed E-state index contributed by atoms with van der Waals surface area (Å²) < 4.78 is 6.91. The van der Waals surface area contributed by atoms with Gasteiger partial charge in [-0.1, -0.05) is 170 Å². The SMILES string of the molecule is c1ccc(-c2cc(-c3ccc(-c4ccc5c(c4)C4(c6cc(-c7cccc8cccnc78)ccc6O5)c5ccccc5-c5ccccc54)cc3)nc(-c3ccccc3)n2)cc1. The van der Waals surface area contributed by atoms with Gasteiger partial charge in [0.05, 0.1) is 22.3 Å². The Morgan fingerprint density at radius 1 is 0.350 bits per heavy atom. The number of rotatable bonds is 5. The van der Waals surface area contributed by atoms with Gasteiger partial charge in [-0.2, -0.15) is 0 Å².